The molecule has 1 saturated heterocycles. The summed E-state index contributed by atoms with van der Waals surface area (Å²) in [4.78, 5) is 0. The smallest absolute Gasteiger partial charge is 0.130 e. The molecule has 0 N–H and O–H groups in total. The lowest BCUT2D eigenvalue weighted by atomic mass is 9.94. The van der Waals surface area contributed by atoms with Gasteiger partial charge in [0, 0.05) is 17.5 Å². The van der Waals surface area contributed by atoms with Crippen LogP contribution in [0, 0.1) is 5.82 Å². The molecule has 294 valence electrons. The fourth-order valence-electron chi connectivity index (χ4n) is 7.10. The molecule has 1 heterocycles. The number of hydrogen-bond donors (Lipinski definition) is 0. The van der Waals surface area contributed by atoms with Gasteiger partial charge in [0.2, 0.25) is 0 Å². The first-order valence-electron chi connectivity index (χ1n) is 19.5. The molecule has 6 aromatic carbocycles. The summed E-state index contributed by atoms with van der Waals surface area (Å²) in [6.45, 7) is 4.39. The summed E-state index contributed by atoms with van der Waals surface area (Å²) in [7, 11) is 0. The van der Waals surface area contributed by atoms with E-state index in [0.717, 1.165) is 33.4 Å². The van der Waals surface area contributed by atoms with E-state index in [1.165, 1.54) is 6.07 Å². The number of benzene rings is 6. The van der Waals surface area contributed by atoms with Crippen molar-refractivity contribution < 1.29 is 28.1 Å². The van der Waals surface area contributed by atoms with Crippen molar-refractivity contribution in [2.45, 2.75) is 68.6 Å². The van der Waals surface area contributed by atoms with E-state index < -0.39 is 18.3 Å². The van der Waals surface area contributed by atoms with Crippen molar-refractivity contribution in [2.75, 3.05) is 13.2 Å². The number of thioether (sulfide) groups is 1. The molecule has 0 bridgehead atoms. The van der Waals surface area contributed by atoms with E-state index >= 15 is 4.39 Å². The minimum atomic E-state index is -0.489. The molecule has 1 fully saturated rings. The third-order valence-electron chi connectivity index (χ3n) is 10.00. The van der Waals surface area contributed by atoms with Gasteiger partial charge in [-0.05, 0) is 58.0 Å². The molecule has 0 aromatic heterocycles. The Morgan fingerprint density at radius 1 is 0.561 bits per heavy atom. The average molecular weight is 803 g/mol. The highest BCUT2D eigenvalue weighted by atomic mass is 35.5. The second-order valence-corrected chi connectivity index (χ2v) is 15.9. The first-order valence-corrected chi connectivity index (χ1v) is 20.8. The molecule has 0 aliphatic carbocycles. The molecular weight excluding hydrogens is 755 g/mol. The quantitative estimate of drug-likeness (QED) is 0.0862. The third kappa shape index (κ3) is 11.4. The molecule has 0 saturated carbocycles. The monoisotopic (exact) mass is 802 g/mol. The van der Waals surface area contributed by atoms with Crippen LogP contribution in [0.5, 0.6) is 5.75 Å². The lowest BCUT2D eigenvalue weighted by Gasteiger charge is -2.46. The maximum absolute atomic E-state index is 15.4. The molecule has 7 rings (SSSR count). The van der Waals surface area contributed by atoms with Crippen molar-refractivity contribution in [3.63, 3.8) is 0 Å². The Labute approximate surface area is 345 Å². The van der Waals surface area contributed by atoms with Crippen molar-refractivity contribution in [2.24, 2.45) is 0 Å². The van der Waals surface area contributed by atoms with Gasteiger partial charge in [-0.1, -0.05) is 151 Å². The number of halogens is 2. The Morgan fingerprint density at radius 3 is 1.63 bits per heavy atom. The van der Waals surface area contributed by atoms with Gasteiger partial charge in [-0.2, -0.15) is 0 Å². The molecule has 6 aromatic rings. The number of rotatable bonds is 18. The molecule has 0 amide bonds. The second kappa shape index (κ2) is 20.8. The van der Waals surface area contributed by atoms with Gasteiger partial charge in [0.1, 0.15) is 29.9 Å². The van der Waals surface area contributed by atoms with Gasteiger partial charge < -0.3 is 23.7 Å². The maximum Gasteiger partial charge on any atom is 0.130 e. The number of ether oxygens (including phenoxy) is 5. The first kappa shape index (κ1) is 40.7. The standard InChI is InChI=1S/C49H48ClFO5S/c1-2-53-42-25-23-39(44(51)29-42)27-41-28-40(24-26-43(41)50)49-48(56-33-38-21-13-6-14-22-38)47(55-32-37-19-11-5-12-20-37)46(54-31-36-17-9-4-10-18-36)45(57-49)34-52-30-35-15-7-3-8-16-35/h3-26,28-29,45-49H,2,27,30-34H2,1H3/t45-,46-,47+,48-,49+/m1/s1. The molecule has 0 radical (unpaired) electrons. The molecular formula is C49H48ClFO5S. The Hall–Kier alpha value is -4.47. The highest BCUT2D eigenvalue weighted by molar-refractivity contribution is 8.00. The van der Waals surface area contributed by atoms with Gasteiger partial charge in [0.25, 0.3) is 0 Å². The van der Waals surface area contributed by atoms with Crippen molar-refractivity contribution in [1.82, 2.24) is 0 Å². The Kier molecular flexibility index (Phi) is 14.9. The van der Waals surface area contributed by atoms with Gasteiger partial charge in [0.05, 0.1) is 50.1 Å². The largest absolute Gasteiger partial charge is 0.494 e. The van der Waals surface area contributed by atoms with E-state index in [2.05, 4.69) is 60.7 Å². The van der Waals surface area contributed by atoms with Gasteiger partial charge in [-0.25, -0.2) is 4.39 Å². The second-order valence-electron chi connectivity index (χ2n) is 14.1. The van der Waals surface area contributed by atoms with E-state index in [9.17, 15) is 0 Å². The Morgan fingerprint density at radius 2 is 1.09 bits per heavy atom. The van der Waals surface area contributed by atoms with Crippen LogP contribution in [-0.2, 0) is 51.8 Å². The zero-order chi connectivity index (χ0) is 39.2. The third-order valence-corrected chi connectivity index (χ3v) is 12.0. The highest BCUT2D eigenvalue weighted by Gasteiger charge is 2.48. The predicted molar refractivity (Wildman–Crippen MR) is 227 cm³/mol. The summed E-state index contributed by atoms with van der Waals surface area (Å²) < 4.78 is 48.4. The fourth-order valence-corrected chi connectivity index (χ4v) is 8.91. The van der Waals surface area contributed by atoms with Crippen LogP contribution in [0.4, 0.5) is 4.39 Å². The minimum Gasteiger partial charge on any atom is -0.494 e. The summed E-state index contributed by atoms with van der Waals surface area (Å²) in [5.41, 5.74) is 6.64. The zero-order valence-corrected chi connectivity index (χ0v) is 33.6. The molecule has 1 aliphatic rings. The van der Waals surface area contributed by atoms with Crippen LogP contribution in [0.3, 0.4) is 0 Å². The fraction of sp³-hybridized carbons (Fsp3) is 0.265. The predicted octanol–water partition coefficient (Wildman–Crippen LogP) is 11.6. The summed E-state index contributed by atoms with van der Waals surface area (Å²) in [6.07, 6.45) is -1.01. The van der Waals surface area contributed by atoms with Gasteiger partial charge in [-0.15, -0.1) is 11.8 Å². The normalized spacial score (nSPS) is 19.3. The van der Waals surface area contributed by atoms with E-state index in [4.69, 9.17) is 35.3 Å². The Bertz CT molecular complexity index is 2110. The SMILES string of the molecule is CCOc1ccc(Cc2cc([C@@H]3S[C@H](COCc4ccccc4)[C@@H](OCc4ccccc4)[C@H](OCc4ccccc4)[C@H]3OCc3ccccc3)ccc2Cl)c(F)c1. The van der Waals surface area contributed by atoms with E-state index in [-0.39, 0.29) is 16.3 Å². The molecule has 5 nitrogen and oxygen atoms in total. The van der Waals surface area contributed by atoms with Crippen LogP contribution in [0.25, 0.3) is 0 Å². The van der Waals surface area contributed by atoms with Crippen molar-refractivity contribution in [3.05, 3.63) is 208 Å². The molecule has 1 aliphatic heterocycles. The topological polar surface area (TPSA) is 46.2 Å². The minimum absolute atomic E-state index is 0.137. The molecule has 8 heteroatoms. The van der Waals surface area contributed by atoms with Gasteiger partial charge >= 0.3 is 0 Å². The first-order chi connectivity index (χ1) is 28.0. The van der Waals surface area contributed by atoms with Crippen molar-refractivity contribution >= 4 is 23.4 Å². The number of hydrogen-bond acceptors (Lipinski definition) is 6. The van der Waals surface area contributed by atoms with Crippen molar-refractivity contribution in [3.8, 4) is 5.75 Å². The van der Waals surface area contributed by atoms with E-state index in [1.807, 2.05) is 85.8 Å². The molecule has 57 heavy (non-hydrogen) atoms. The van der Waals surface area contributed by atoms with Crippen LogP contribution >= 0.6 is 23.4 Å². The summed E-state index contributed by atoms with van der Waals surface area (Å²) in [5, 5.41) is 0.221. The average Bonchev–Trinajstić information content (AvgIpc) is 3.25. The molecule has 0 spiro atoms. The summed E-state index contributed by atoms with van der Waals surface area (Å²) in [6, 6.07) is 51.8. The van der Waals surface area contributed by atoms with Crippen LogP contribution in [0.2, 0.25) is 5.02 Å². The van der Waals surface area contributed by atoms with Crippen LogP contribution in [0.15, 0.2) is 158 Å². The Balaban J connectivity index is 1.26. The molecule has 0 unspecified atom stereocenters. The van der Waals surface area contributed by atoms with Crippen LogP contribution in [-0.4, -0.2) is 36.8 Å². The van der Waals surface area contributed by atoms with Gasteiger partial charge in [-0.3, -0.25) is 0 Å². The highest BCUT2D eigenvalue weighted by Crippen LogP contribution is 2.48. The zero-order valence-electron chi connectivity index (χ0n) is 32.1. The van der Waals surface area contributed by atoms with Gasteiger partial charge in [0.15, 0.2) is 0 Å². The van der Waals surface area contributed by atoms with E-state index in [1.54, 1.807) is 23.9 Å². The summed E-state index contributed by atoms with van der Waals surface area (Å²) in [5.74, 6) is 0.170. The molecule has 5 atom stereocenters. The summed E-state index contributed by atoms with van der Waals surface area (Å²) >= 11 is 8.64. The van der Waals surface area contributed by atoms with Crippen molar-refractivity contribution in [1.29, 1.82) is 0 Å². The van der Waals surface area contributed by atoms with E-state index in [0.29, 0.717) is 62.4 Å². The maximum atomic E-state index is 15.4. The van der Waals surface area contributed by atoms with Crippen LogP contribution < -0.4 is 4.74 Å². The lowest BCUT2D eigenvalue weighted by Crippen LogP contribution is -2.54. The lowest BCUT2D eigenvalue weighted by molar-refractivity contribution is -0.160. The van der Waals surface area contributed by atoms with Crippen LogP contribution in [0.1, 0.15) is 51.1 Å².